The van der Waals surface area contributed by atoms with Gasteiger partial charge in [0, 0.05) is 17.0 Å². The fourth-order valence-electron chi connectivity index (χ4n) is 2.01. The highest BCUT2D eigenvalue weighted by molar-refractivity contribution is 6.31. The second-order valence-corrected chi connectivity index (χ2v) is 4.93. The van der Waals surface area contributed by atoms with Crippen LogP contribution in [0, 0.1) is 5.82 Å². The first kappa shape index (κ1) is 13.1. The van der Waals surface area contributed by atoms with Crippen molar-refractivity contribution in [1.82, 2.24) is 0 Å². The Bertz CT molecular complexity index is 552. The number of benzene rings is 2. The van der Waals surface area contributed by atoms with Crippen LogP contribution in [-0.4, -0.2) is 5.11 Å². The van der Waals surface area contributed by atoms with E-state index < -0.39 is 11.4 Å². The molecule has 0 bridgehead atoms. The van der Waals surface area contributed by atoms with Crippen molar-refractivity contribution in [1.29, 1.82) is 0 Å². The van der Waals surface area contributed by atoms with E-state index in [1.54, 1.807) is 31.2 Å². The molecule has 2 aromatic carbocycles. The number of rotatable bonds is 3. The summed E-state index contributed by atoms with van der Waals surface area (Å²) in [6.07, 6.45) is 0.271. The predicted octanol–water partition coefficient (Wildman–Crippen LogP) is 3.93. The smallest absolute Gasteiger partial charge is 0.129 e. The topological polar surface area (TPSA) is 20.2 Å². The average molecular weight is 265 g/mol. The first-order chi connectivity index (χ1) is 8.50. The lowest BCUT2D eigenvalue weighted by molar-refractivity contribution is 0.0538. The van der Waals surface area contributed by atoms with Crippen molar-refractivity contribution in [2.24, 2.45) is 0 Å². The van der Waals surface area contributed by atoms with Crippen molar-refractivity contribution in [3.63, 3.8) is 0 Å². The van der Waals surface area contributed by atoms with Crippen molar-refractivity contribution in [3.05, 3.63) is 70.5 Å². The summed E-state index contributed by atoms with van der Waals surface area (Å²) in [5.74, 6) is -0.408. The average Bonchev–Trinajstić information content (AvgIpc) is 2.32. The van der Waals surface area contributed by atoms with E-state index in [1.165, 1.54) is 6.07 Å². The van der Waals surface area contributed by atoms with Gasteiger partial charge in [0.05, 0.1) is 5.60 Å². The van der Waals surface area contributed by atoms with Gasteiger partial charge in [-0.1, -0.05) is 48.0 Å². The van der Waals surface area contributed by atoms with Gasteiger partial charge in [0.2, 0.25) is 0 Å². The third-order valence-electron chi connectivity index (χ3n) is 2.95. The van der Waals surface area contributed by atoms with E-state index in [9.17, 15) is 9.50 Å². The molecule has 0 saturated carbocycles. The molecule has 0 fully saturated rings. The zero-order valence-electron chi connectivity index (χ0n) is 10.0. The van der Waals surface area contributed by atoms with Gasteiger partial charge < -0.3 is 5.11 Å². The van der Waals surface area contributed by atoms with Crippen LogP contribution in [0.3, 0.4) is 0 Å². The first-order valence-electron chi connectivity index (χ1n) is 5.71. The third kappa shape index (κ3) is 2.71. The van der Waals surface area contributed by atoms with Gasteiger partial charge in [0.25, 0.3) is 0 Å². The molecule has 0 saturated heterocycles. The minimum absolute atomic E-state index is 0.271. The highest BCUT2D eigenvalue weighted by atomic mass is 35.5. The summed E-state index contributed by atoms with van der Waals surface area (Å²) in [5.41, 5.74) is -0.201. The molecule has 0 amide bonds. The minimum atomic E-state index is -1.28. The van der Waals surface area contributed by atoms with Gasteiger partial charge in [-0.3, -0.25) is 0 Å². The lowest BCUT2D eigenvalue weighted by Crippen LogP contribution is -2.25. The van der Waals surface area contributed by atoms with Crippen LogP contribution < -0.4 is 0 Å². The molecule has 0 radical (unpaired) electrons. The van der Waals surface area contributed by atoms with Gasteiger partial charge in [0.1, 0.15) is 5.82 Å². The van der Waals surface area contributed by atoms with E-state index >= 15 is 0 Å². The lowest BCUT2D eigenvalue weighted by Gasteiger charge is -2.25. The summed E-state index contributed by atoms with van der Waals surface area (Å²) in [4.78, 5) is 0. The van der Waals surface area contributed by atoms with E-state index in [2.05, 4.69) is 0 Å². The molecule has 0 spiro atoms. The molecular weight excluding hydrogens is 251 g/mol. The van der Waals surface area contributed by atoms with Crippen molar-refractivity contribution in [2.75, 3.05) is 0 Å². The summed E-state index contributed by atoms with van der Waals surface area (Å²) >= 11 is 6.05. The maximum atomic E-state index is 13.7. The summed E-state index contributed by atoms with van der Waals surface area (Å²) in [5, 5.41) is 11.0. The van der Waals surface area contributed by atoms with Gasteiger partial charge in [0.15, 0.2) is 0 Å². The van der Waals surface area contributed by atoms with E-state index in [0.717, 1.165) is 5.56 Å². The lowest BCUT2D eigenvalue weighted by atomic mass is 9.89. The van der Waals surface area contributed by atoms with Crippen molar-refractivity contribution >= 4 is 11.6 Å². The molecule has 0 aliphatic rings. The number of hydrogen-bond donors (Lipinski definition) is 1. The van der Waals surface area contributed by atoms with Crippen LogP contribution in [-0.2, 0) is 12.0 Å². The molecule has 1 nitrogen and oxygen atoms in total. The Hall–Kier alpha value is -1.38. The van der Waals surface area contributed by atoms with Crippen LogP contribution in [0.25, 0.3) is 0 Å². The molecule has 1 unspecified atom stereocenters. The maximum absolute atomic E-state index is 13.7. The summed E-state index contributed by atoms with van der Waals surface area (Å²) in [6, 6.07) is 13.5. The van der Waals surface area contributed by atoms with Crippen molar-refractivity contribution < 1.29 is 9.50 Å². The fourth-order valence-corrected chi connectivity index (χ4v) is 2.21. The molecule has 0 aliphatic heterocycles. The molecular formula is C15H14ClFO. The molecule has 94 valence electrons. The van der Waals surface area contributed by atoms with Gasteiger partial charge in [-0.2, -0.15) is 0 Å². The standard InChI is InChI=1S/C15H14ClFO/c1-15(18,12-7-3-5-9-14(12)17)10-11-6-2-4-8-13(11)16/h2-9,18H,10H2,1H3. The second kappa shape index (κ2) is 5.09. The van der Waals surface area contributed by atoms with E-state index in [-0.39, 0.29) is 12.0 Å². The second-order valence-electron chi connectivity index (χ2n) is 4.52. The molecule has 3 heteroatoms. The Balaban J connectivity index is 2.33. The fraction of sp³-hybridized carbons (Fsp3) is 0.200. The molecule has 0 heterocycles. The largest absolute Gasteiger partial charge is 0.385 e. The quantitative estimate of drug-likeness (QED) is 0.891. The van der Waals surface area contributed by atoms with Gasteiger partial charge in [-0.05, 0) is 24.6 Å². The first-order valence-corrected chi connectivity index (χ1v) is 6.09. The SMILES string of the molecule is CC(O)(Cc1ccccc1Cl)c1ccccc1F. The van der Waals surface area contributed by atoms with Gasteiger partial charge in [-0.15, -0.1) is 0 Å². The molecule has 1 N–H and O–H groups in total. The van der Waals surface area contributed by atoms with Crippen molar-refractivity contribution in [2.45, 2.75) is 18.9 Å². The Morgan fingerprint density at radius 2 is 1.72 bits per heavy atom. The molecule has 0 aliphatic carbocycles. The zero-order chi connectivity index (χ0) is 13.2. The van der Waals surface area contributed by atoms with Crippen LogP contribution in [0.1, 0.15) is 18.1 Å². The maximum Gasteiger partial charge on any atom is 0.129 e. The van der Waals surface area contributed by atoms with Crippen LogP contribution in [0.4, 0.5) is 4.39 Å². The minimum Gasteiger partial charge on any atom is -0.385 e. The van der Waals surface area contributed by atoms with E-state index in [0.29, 0.717) is 5.02 Å². The number of hydrogen-bond acceptors (Lipinski definition) is 1. The van der Waals surface area contributed by atoms with Crippen LogP contribution in [0.2, 0.25) is 5.02 Å². The summed E-state index contributed by atoms with van der Waals surface area (Å²) in [6.45, 7) is 1.59. The molecule has 0 aromatic heterocycles. The molecule has 2 aromatic rings. The third-order valence-corrected chi connectivity index (χ3v) is 3.32. The summed E-state index contributed by atoms with van der Waals surface area (Å²) < 4.78 is 13.7. The predicted molar refractivity (Wildman–Crippen MR) is 71.1 cm³/mol. The van der Waals surface area contributed by atoms with Gasteiger partial charge in [-0.25, -0.2) is 4.39 Å². The Labute approximate surface area is 111 Å². The number of aliphatic hydroxyl groups is 1. The number of halogens is 2. The van der Waals surface area contributed by atoms with Crippen LogP contribution in [0.15, 0.2) is 48.5 Å². The summed E-state index contributed by atoms with van der Waals surface area (Å²) in [7, 11) is 0. The monoisotopic (exact) mass is 264 g/mol. The molecule has 1 atom stereocenters. The van der Waals surface area contributed by atoms with Crippen molar-refractivity contribution in [3.8, 4) is 0 Å². The highest BCUT2D eigenvalue weighted by Gasteiger charge is 2.27. The van der Waals surface area contributed by atoms with E-state index in [4.69, 9.17) is 11.6 Å². The molecule has 2 rings (SSSR count). The Kier molecular flexibility index (Phi) is 3.69. The zero-order valence-corrected chi connectivity index (χ0v) is 10.8. The Morgan fingerprint density at radius 1 is 1.11 bits per heavy atom. The van der Waals surface area contributed by atoms with Crippen LogP contribution in [0.5, 0.6) is 0 Å². The van der Waals surface area contributed by atoms with Gasteiger partial charge >= 0.3 is 0 Å². The highest BCUT2D eigenvalue weighted by Crippen LogP contribution is 2.29. The molecule has 18 heavy (non-hydrogen) atoms. The van der Waals surface area contributed by atoms with Crippen LogP contribution >= 0.6 is 11.6 Å². The normalized spacial score (nSPS) is 14.2. The Morgan fingerprint density at radius 3 is 2.39 bits per heavy atom. The van der Waals surface area contributed by atoms with E-state index in [1.807, 2.05) is 18.2 Å².